The molecule has 0 heterocycles. The quantitative estimate of drug-likeness (QED) is 0.338. The fraction of sp³-hybridized carbons (Fsp3) is 0.154. The van der Waals surface area contributed by atoms with E-state index in [-0.39, 0.29) is 5.91 Å². The third-order valence-electron chi connectivity index (χ3n) is 5.01. The predicted octanol–water partition coefficient (Wildman–Crippen LogP) is 4.77. The van der Waals surface area contributed by atoms with Gasteiger partial charge in [0.05, 0.1) is 0 Å². The summed E-state index contributed by atoms with van der Waals surface area (Å²) < 4.78 is 0. The molecule has 0 saturated carbocycles. The van der Waals surface area contributed by atoms with Crippen molar-refractivity contribution in [3.05, 3.63) is 101 Å². The Morgan fingerprint density at radius 3 is 1.45 bits per heavy atom. The van der Waals surface area contributed by atoms with E-state index in [2.05, 4.69) is 60.4 Å². The molecular formula is C26H26N2OPS+. The van der Waals surface area contributed by atoms with Crippen LogP contribution < -0.4 is 21.2 Å². The summed E-state index contributed by atoms with van der Waals surface area (Å²) in [7, 11) is -2.60. The third-order valence-corrected chi connectivity index (χ3v) is 9.73. The molecule has 0 radical (unpaired) electrons. The van der Waals surface area contributed by atoms with Crippen LogP contribution in [0.25, 0.3) is 0 Å². The first-order valence-electron chi connectivity index (χ1n) is 10.0. The Morgan fingerprint density at radius 2 is 1.16 bits per heavy atom. The summed E-state index contributed by atoms with van der Waals surface area (Å²) in [4.78, 5) is 12.7. The molecule has 0 atom stereocenters. The highest BCUT2D eigenvalue weighted by Gasteiger charge is 2.51. The van der Waals surface area contributed by atoms with Crippen LogP contribution in [0.5, 0.6) is 0 Å². The van der Waals surface area contributed by atoms with Gasteiger partial charge in [-0.2, -0.15) is 5.26 Å². The zero-order chi connectivity index (χ0) is 22.5. The van der Waals surface area contributed by atoms with Crippen LogP contribution in [-0.2, 0) is 4.79 Å². The number of carbonyl (C=O) groups is 1. The molecule has 3 aromatic carbocycles. The molecule has 0 aliphatic rings. The molecule has 1 amide bonds. The molecule has 0 aliphatic carbocycles. The molecule has 0 saturated heterocycles. The Hall–Kier alpha value is -2.86. The van der Waals surface area contributed by atoms with E-state index in [0.29, 0.717) is 10.3 Å². The second-order valence-electron chi connectivity index (χ2n) is 8.19. The van der Waals surface area contributed by atoms with Gasteiger partial charge >= 0.3 is 0 Å². The van der Waals surface area contributed by atoms with E-state index < -0.39 is 12.7 Å². The van der Waals surface area contributed by atoms with Crippen LogP contribution in [0.15, 0.2) is 101 Å². The Labute approximate surface area is 190 Å². The van der Waals surface area contributed by atoms with Crippen LogP contribution in [-0.4, -0.2) is 5.91 Å². The van der Waals surface area contributed by atoms with Crippen molar-refractivity contribution in [2.75, 3.05) is 0 Å². The Balaban J connectivity index is 2.41. The zero-order valence-electron chi connectivity index (χ0n) is 17.9. The second kappa shape index (κ2) is 9.52. The summed E-state index contributed by atoms with van der Waals surface area (Å²) in [6.45, 7) is 5.51. The fourth-order valence-corrected chi connectivity index (χ4v) is 8.08. The molecule has 0 unspecified atom stereocenters. The summed E-state index contributed by atoms with van der Waals surface area (Å²) in [5.41, 5.74) is -0.609. The number of amides is 1. The number of nitrogens with zero attached hydrogens (tertiary/aromatic N) is 1. The number of nitrogens with one attached hydrogen (secondary N) is 1. The normalized spacial score (nSPS) is 12.5. The predicted molar refractivity (Wildman–Crippen MR) is 134 cm³/mol. The maximum Gasteiger partial charge on any atom is 0.230 e. The number of hydrogen-bond acceptors (Lipinski definition) is 3. The van der Waals surface area contributed by atoms with Crippen molar-refractivity contribution >= 4 is 41.7 Å². The van der Waals surface area contributed by atoms with Crippen LogP contribution in [0.1, 0.15) is 20.8 Å². The first-order valence-corrected chi connectivity index (χ1v) is 12.3. The van der Waals surface area contributed by atoms with Gasteiger partial charge in [0.2, 0.25) is 11.2 Å². The van der Waals surface area contributed by atoms with Gasteiger partial charge in [0, 0.05) is 5.41 Å². The number of carbonyl (C=O) groups excluding carboxylic acids is 1. The fourth-order valence-electron chi connectivity index (χ4n) is 3.43. The maximum atomic E-state index is 12.7. The van der Waals surface area contributed by atoms with Crippen molar-refractivity contribution in [2.24, 2.45) is 5.41 Å². The molecule has 156 valence electrons. The van der Waals surface area contributed by atoms with Crippen molar-refractivity contribution in [1.29, 1.82) is 5.26 Å². The van der Waals surface area contributed by atoms with Crippen molar-refractivity contribution in [2.45, 2.75) is 20.8 Å². The Bertz CT molecular complexity index is 1020. The number of benzene rings is 3. The van der Waals surface area contributed by atoms with E-state index in [1.54, 1.807) is 0 Å². The number of allylic oxidation sites excluding steroid dienone is 1. The lowest BCUT2D eigenvalue weighted by atomic mass is 9.96. The third kappa shape index (κ3) is 4.59. The van der Waals surface area contributed by atoms with Gasteiger partial charge in [-0.1, -0.05) is 75.4 Å². The highest BCUT2D eigenvalue weighted by atomic mass is 32.1. The van der Waals surface area contributed by atoms with Crippen LogP contribution in [0.3, 0.4) is 0 Å². The molecule has 5 heteroatoms. The number of hydrogen-bond donors (Lipinski definition) is 2. The van der Waals surface area contributed by atoms with Gasteiger partial charge < -0.3 is 5.32 Å². The lowest BCUT2D eigenvalue weighted by molar-refractivity contribution is -0.127. The molecule has 3 aromatic rings. The van der Waals surface area contributed by atoms with Crippen molar-refractivity contribution < 1.29 is 4.79 Å². The van der Waals surface area contributed by atoms with E-state index in [1.165, 1.54) is 0 Å². The number of rotatable bonds is 5. The lowest BCUT2D eigenvalue weighted by Gasteiger charge is -2.28. The molecule has 0 aliphatic heterocycles. The minimum Gasteiger partial charge on any atom is -0.317 e. The minimum absolute atomic E-state index is 0.183. The second-order valence-corrected chi connectivity index (χ2v) is 12.0. The van der Waals surface area contributed by atoms with Gasteiger partial charge in [-0.05, 0) is 36.4 Å². The average Bonchev–Trinajstić information content (AvgIpc) is 2.78. The minimum atomic E-state index is -2.60. The Morgan fingerprint density at radius 1 is 0.806 bits per heavy atom. The SMILES string of the molecule is CC(C)(C)C(=O)NC(S)=C(C#N)[P+](c1ccccc1)(c1ccccc1)c1ccccc1. The van der Waals surface area contributed by atoms with Crippen molar-refractivity contribution in [1.82, 2.24) is 5.32 Å². The van der Waals surface area contributed by atoms with Crippen molar-refractivity contribution in [3.63, 3.8) is 0 Å². The largest absolute Gasteiger partial charge is 0.317 e. The molecule has 1 N–H and O–H groups in total. The van der Waals surface area contributed by atoms with Gasteiger partial charge in [0.1, 0.15) is 27.0 Å². The topological polar surface area (TPSA) is 52.9 Å². The van der Waals surface area contributed by atoms with Crippen LogP contribution in [0, 0.1) is 16.7 Å². The molecule has 3 nitrogen and oxygen atoms in total. The molecule has 0 bridgehead atoms. The number of nitriles is 1. The smallest absolute Gasteiger partial charge is 0.230 e. The van der Waals surface area contributed by atoms with E-state index in [0.717, 1.165) is 15.9 Å². The van der Waals surface area contributed by atoms with Crippen LogP contribution >= 0.6 is 19.9 Å². The monoisotopic (exact) mass is 445 g/mol. The van der Waals surface area contributed by atoms with Gasteiger partial charge in [-0.3, -0.25) is 4.79 Å². The highest BCUT2D eigenvalue weighted by Crippen LogP contribution is 2.63. The molecule has 3 rings (SSSR count). The molecule has 0 aromatic heterocycles. The first kappa shape index (κ1) is 22.8. The summed E-state index contributed by atoms with van der Waals surface area (Å²) in [6.07, 6.45) is 0. The first-order chi connectivity index (χ1) is 14.8. The van der Waals surface area contributed by atoms with Crippen LogP contribution in [0.2, 0.25) is 0 Å². The molecule has 31 heavy (non-hydrogen) atoms. The molecule has 0 fully saturated rings. The van der Waals surface area contributed by atoms with E-state index in [4.69, 9.17) is 0 Å². The van der Waals surface area contributed by atoms with E-state index >= 15 is 0 Å². The van der Waals surface area contributed by atoms with Crippen LogP contribution in [0.4, 0.5) is 0 Å². The zero-order valence-corrected chi connectivity index (χ0v) is 19.7. The average molecular weight is 446 g/mol. The van der Waals surface area contributed by atoms with Gasteiger partial charge in [-0.15, -0.1) is 12.6 Å². The Kier molecular flexibility index (Phi) is 7.01. The summed E-state index contributed by atoms with van der Waals surface area (Å²) in [6, 6.07) is 32.5. The highest BCUT2D eigenvalue weighted by molar-refractivity contribution is 8.00. The van der Waals surface area contributed by atoms with Crippen molar-refractivity contribution in [3.8, 4) is 6.07 Å². The molecular weight excluding hydrogens is 419 g/mol. The van der Waals surface area contributed by atoms with Gasteiger partial charge in [0.25, 0.3) is 0 Å². The summed E-state index contributed by atoms with van der Waals surface area (Å²) >= 11 is 4.67. The van der Waals surface area contributed by atoms with Gasteiger partial charge in [0.15, 0.2) is 7.26 Å². The number of thiol groups is 1. The molecule has 0 spiro atoms. The summed E-state index contributed by atoms with van der Waals surface area (Å²) in [5.74, 6) is -0.183. The maximum absolute atomic E-state index is 12.7. The van der Waals surface area contributed by atoms with Gasteiger partial charge in [-0.25, -0.2) is 0 Å². The standard InChI is InChI=1S/C26H25N2OPS/c1-26(2,3)25(29)28-24(31)23(19-27)30(20-13-7-4-8-14-20,21-15-9-5-10-16-21)22-17-11-6-12-18-22/h4-18H,1-3H3,(H-,28,29,31)/p+1. The summed E-state index contributed by atoms with van der Waals surface area (Å²) in [5, 5.41) is 17.2. The lowest BCUT2D eigenvalue weighted by Crippen LogP contribution is -2.36. The van der Waals surface area contributed by atoms with E-state index in [9.17, 15) is 10.1 Å². The van der Waals surface area contributed by atoms with E-state index in [1.807, 2.05) is 75.4 Å².